The van der Waals surface area contributed by atoms with Gasteiger partial charge < -0.3 is 9.80 Å². The molecule has 0 radical (unpaired) electrons. The maximum absolute atomic E-state index is 13.3. The Morgan fingerprint density at radius 3 is 2.63 bits per heavy atom. The molecule has 0 saturated carbocycles. The number of carbonyl (C=O) groups is 2. The van der Waals surface area contributed by atoms with Crippen LogP contribution in [0.4, 0.5) is 0 Å². The first kappa shape index (κ1) is 18.1. The second-order valence-electron chi connectivity index (χ2n) is 7.19. The maximum Gasteiger partial charge on any atom is 0.266 e. The Labute approximate surface area is 163 Å². The highest BCUT2D eigenvalue weighted by Gasteiger charge is 2.37. The van der Waals surface area contributed by atoms with Gasteiger partial charge in [0.2, 0.25) is 5.91 Å². The van der Waals surface area contributed by atoms with E-state index in [9.17, 15) is 9.59 Å². The van der Waals surface area contributed by atoms with E-state index in [4.69, 9.17) is 0 Å². The van der Waals surface area contributed by atoms with Crippen molar-refractivity contribution in [3.63, 3.8) is 0 Å². The fourth-order valence-corrected chi connectivity index (χ4v) is 4.90. The summed E-state index contributed by atoms with van der Waals surface area (Å²) in [6.45, 7) is 4.14. The molecule has 2 fully saturated rings. The van der Waals surface area contributed by atoms with Crippen LogP contribution in [0.3, 0.4) is 0 Å². The van der Waals surface area contributed by atoms with Gasteiger partial charge >= 0.3 is 0 Å². The molecule has 27 heavy (non-hydrogen) atoms. The fourth-order valence-electron chi connectivity index (χ4n) is 3.90. The van der Waals surface area contributed by atoms with Crippen LogP contribution in [0.5, 0.6) is 0 Å². The van der Waals surface area contributed by atoms with Crippen LogP contribution in [0.1, 0.15) is 47.5 Å². The van der Waals surface area contributed by atoms with Crippen LogP contribution in [0, 0.1) is 6.92 Å². The molecule has 0 aromatic carbocycles. The van der Waals surface area contributed by atoms with E-state index in [0.717, 1.165) is 55.9 Å². The SMILES string of the molecule is Cc1nc(-c2ccccn2)sc1C(=O)N1CCCCC1C(=O)N1CCCC1. The third-order valence-corrected chi connectivity index (χ3v) is 6.51. The lowest BCUT2D eigenvalue weighted by Gasteiger charge is -2.36. The first-order valence-electron chi connectivity index (χ1n) is 9.64. The highest BCUT2D eigenvalue weighted by Crippen LogP contribution is 2.30. The molecule has 1 unspecified atom stereocenters. The van der Waals surface area contributed by atoms with Crippen molar-refractivity contribution < 1.29 is 9.59 Å². The van der Waals surface area contributed by atoms with Gasteiger partial charge in [-0.2, -0.15) is 0 Å². The summed E-state index contributed by atoms with van der Waals surface area (Å²) in [5, 5.41) is 0.746. The van der Waals surface area contributed by atoms with Gasteiger partial charge in [-0.25, -0.2) is 4.98 Å². The quantitative estimate of drug-likeness (QED) is 0.815. The molecule has 2 aliphatic rings. The molecule has 0 N–H and O–H groups in total. The van der Waals surface area contributed by atoms with Gasteiger partial charge in [0.05, 0.1) is 11.4 Å². The average molecular weight is 385 g/mol. The van der Waals surface area contributed by atoms with Gasteiger partial charge in [0.15, 0.2) is 0 Å². The summed E-state index contributed by atoms with van der Waals surface area (Å²) in [4.78, 5) is 39.5. The van der Waals surface area contributed by atoms with E-state index in [1.54, 1.807) is 11.1 Å². The van der Waals surface area contributed by atoms with E-state index in [0.29, 0.717) is 17.1 Å². The van der Waals surface area contributed by atoms with Crippen molar-refractivity contribution in [1.82, 2.24) is 19.8 Å². The third kappa shape index (κ3) is 3.60. The number of hydrogen-bond donors (Lipinski definition) is 0. The number of thiazole rings is 1. The molecule has 2 aromatic heterocycles. The summed E-state index contributed by atoms with van der Waals surface area (Å²) >= 11 is 1.37. The molecular formula is C20H24N4O2S. The molecule has 0 spiro atoms. The lowest BCUT2D eigenvalue weighted by atomic mass is 10.0. The normalized spacial score (nSPS) is 20.1. The van der Waals surface area contributed by atoms with E-state index >= 15 is 0 Å². The predicted molar refractivity (Wildman–Crippen MR) is 105 cm³/mol. The second kappa shape index (κ2) is 7.76. The van der Waals surface area contributed by atoms with E-state index in [-0.39, 0.29) is 17.9 Å². The number of likely N-dealkylation sites (tertiary alicyclic amines) is 2. The Morgan fingerprint density at radius 1 is 1.11 bits per heavy atom. The van der Waals surface area contributed by atoms with Crippen molar-refractivity contribution in [2.45, 2.75) is 45.1 Å². The molecule has 1 atom stereocenters. The number of piperidine rings is 1. The van der Waals surface area contributed by atoms with Gasteiger partial charge in [-0.1, -0.05) is 6.07 Å². The Kier molecular flexibility index (Phi) is 5.20. The molecule has 0 aliphatic carbocycles. The molecule has 4 rings (SSSR count). The molecule has 2 amide bonds. The molecule has 0 bridgehead atoms. The Bertz CT molecular complexity index is 830. The first-order valence-corrected chi connectivity index (χ1v) is 10.5. The third-order valence-electron chi connectivity index (χ3n) is 5.34. The number of aryl methyl sites for hydroxylation is 1. The number of nitrogens with zero attached hydrogens (tertiary/aromatic N) is 4. The van der Waals surface area contributed by atoms with Crippen molar-refractivity contribution in [2.75, 3.05) is 19.6 Å². The smallest absolute Gasteiger partial charge is 0.266 e. The minimum absolute atomic E-state index is 0.0653. The molecule has 142 valence electrons. The van der Waals surface area contributed by atoms with Crippen LogP contribution >= 0.6 is 11.3 Å². The number of rotatable bonds is 3. The zero-order chi connectivity index (χ0) is 18.8. The molecule has 2 aliphatic heterocycles. The van der Waals surface area contributed by atoms with E-state index in [1.807, 2.05) is 30.0 Å². The van der Waals surface area contributed by atoms with Crippen LogP contribution in [0.25, 0.3) is 10.7 Å². The zero-order valence-electron chi connectivity index (χ0n) is 15.6. The van der Waals surface area contributed by atoms with E-state index < -0.39 is 0 Å². The zero-order valence-corrected chi connectivity index (χ0v) is 16.4. The lowest BCUT2D eigenvalue weighted by Crippen LogP contribution is -2.52. The lowest BCUT2D eigenvalue weighted by molar-refractivity contribution is -0.136. The summed E-state index contributed by atoms with van der Waals surface area (Å²) in [5.41, 5.74) is 1.48. The molecule has 4 heterocycles. The molecule has 2 aromatic rings. The van der Waals surface area contributed by atoms with Gasteiger partial charge in [-0.3, -0.25) is 14.6 Å². The minimum Gasteiger partial charge on any atom is -0.341 e. The van der Waals surface area contributed by atoms with Crippen molar-refractivity contribution in [2.24, 2.45) is 0 Å². The fraction of sp³-hybridized carbons (Fsp3) is 0.500. The van der Waals surface area contributed by atoms with E-state index in [1.165, 1.54) is 11.3 Å². The minimum atomic E-state index is -0.329. The monoisotopic (exact) mass is 384 g/mol. The summed E-state index contributed by atoms with van der Waals surface area (Å²) in [5.74, 6) is 0.0529. The predicted octanol–water partition coefficient (Wildman–Crippen LogP) is 3.13. The standard InChI is InChI=1S/C20H24N4O2S/c1-14-17(27-18(22-14)15-8-2-4-10-21-15)20(26)24-13-5-3-9-16(24)19(25)23-11-6-7-12-23/h2,4,8,10,16H,3,5-7,9,11-13H2,1H3. The largest absolute Gasteiger partial charge is 0.341 e. The summed E-state index contributed by atoms with van der Waals surface area (Å²) in [6, 6.07) is 5.34. The van der Waals surface area contributed by atoms with Crippen molar-refractivity contribution >= 4 is 23.2 Å². The van der Waals surface area contributed by atoms with Gasteiger partial charge in [0.1, 0.15) is 15.9 Å². The van der Waals surface area contributed by atoms with Crippen molar-refractivity contribution in [1.29, 1.82) is 0 Å². The van der Waals surface area contributed by atoms with Crippen LogP contribution in [-0.4, -0.2) is 57.3 Å². The number of carbonyl (C=O) groups excluding carboxylic acids is 2. The number of pyridine rings is 1. The second-order valence-corrected chi connectivity index (χ2v) is 8.19. The molecule has 2 saturated heterocycles. The van der Waals surface area contributed by atoms with Gasteiger partial charge in [0.25, 0.3) is 5.91 Å². The van der Waals surface area contributed by atoms with Gasteiger partial charge in [0, 0.05) is 25.8 Å². The molecule has 6 nitrogen and oxygen atoms in total. The maximum atomic E-state index is 13.3. The Morgan fingerprint density at radius 2 is 1.89 bits per heavy atom. The average Bonchev–Trinajstić information content (AvgIpc) is 3.37. The van der Waals surface area contributed by atoms with Crippen LogP contribution < -0.4 is 0 Å². The van der Waals surface area contributed by atoms with Gasteiger partial charge in [-0.05, 0) is 51.2 Å². The Hall–Kier alpha value is -2.28. The molecule has 7 heteroatoms. The number of hydrogen-bond acceptors (Lipinski definition) is 5. The van der Waals surface area contributed by atoms with Crippen LogP contribution in [-0.2, 0) is 4.79 Å². The summed E-state index contributed by atoms with van der Waals surface area (Å²) < 4.78 is 0. The number of amides is 2. The Balaban J connectivity index is 1.58. The van der Waals surface area contributed by atoms with Crippen molar-refractivity contribution in [3.8, 4) is 10.7 Å². The highest BCUT2D eigenvalue weighted by atomic mass is 32.1. The highest BCUT2D eigenvalue weighted by molar-refractivity contribution is 7.17. The van der Waals surface area contributed by atoms with E-state index in [2.05, 4.69) is 9.97 Å². The molecular weight excluding hydrogens is 360 g/mol. The summed E-state index contributed by atoms with van der Waals surface area (Å²) in [6.07, 6.45) is 6.55. The van der Waals surface area contributed by atoms with Gasteiger partial charge in [-0.15, -0.1) is 11.3 Å². The van der Waals surface area contributed by atoms with Crippen molar-refractivity contribution in [3.05, 3.63) is 35.0 Å². The first-order chi connectivity index (χ1) is 13.1. The summed E-state index contributed by atoms with van der Waals surface area (Å²) in [7, 11) is 0. The topological polar surface area (TPSA) is 66.4 Å². The number of aromatic nitrogens is 2. The van der Waals surface area contributed by atoms with Crippen LogP contribution in [0.2, 0.25) is 0 Å². The van der Waals surface area contributed by atoms with Crippen LogP contribution in [0.15, 0.2) is 24.4 Å².